The molecule has 5 heteroatoms. The minimum absolute atomic E-state index is 0.0294. The number of nitrogens with zero attached hydrogens (tertiary/aromatic N) is 3. The average Bonchev–Trinajstić information content (AvgIpc) is 2.77. The molecule has 3 rings (SSSR count). The molecule has 2 aromatic rings. The van der Waals surface area contributed by atoms with Gasteiger partial charge in [-0.05, 0) is 31.0 Å². The topological polar surface area (TPSA) is 55.2 Å². The average molecular weight is 269 g/mol. The van der Waals surface area contributed by atoms with E-state index >= 15 is 0 Å². The lowest BCUT2D eigenvalue weighted by Crippen LogP contribution is -2.40. The molecule has 0 saturated heterocycles. The van der Waals surface area contributed by atoms with Crippen molar-refractivity contribution in [2.75, 3.05) is 4.90 Å². The highest BCUT2D eigenvalue weighted by Crippen LogP contribution is 2.31. The summed E-state index contributed by atoms with van der Waals surface area (Å²) in [5, 5.41) is 3.93. The molecule has 5 nitrogen and oxygen atoms in total. The fourth-order valence-corrected chi connectivity index (χ4v) is 2.66. The number of hydrogen-bond acceptors (Lipinski definition) is 3. The normalized spacial score (nSPS) is 17.1. The second kappa shape index (κ2) is 4.92. The summed E-state index contributed by atoms with van der Waals surface area (Å²) >= 11 is 0. The Hall–Kier alpha value is -2.43. The Morgan fingerprint density at radius 3 is 2.90 bits per heavy atom. The number of hydrogen-bond donors (Lipinski definition) is 0. The van der Waals surface area contributed by atoms with E-state index in [0.717, 1.165) is 12.1 Å². The van der Waals surface area contributed by atoms with Crippen molar-refractivity contribution in [2.45, 2.75) is 25.9 Å². The van der Waals surface area contributed by atoms with Crippen LogP contribution in [0.25, 0.3) is 0 Å². The van der Waals surface area contributed by atoms with Crippen LogP contribution in [-0.2, 0) is 17.8 Å². The number of fused-ring (bicyclic) bond motifs is 1. The SMILES string of the molecule is CC1Cc2ccccc2N1C(=O)Cn1ncccc1=O. The number of carbonyl (C=O) groups is 1. The van der Waals surface area contributed by atoms with Crippen LogP contribution in [0.15, 0.2) is 47.4 Å². The van der Waals surface area contributed by atoms with Gasteiger partial charge in [0.05, 0.1) is 0 Å². The first-order valence-electron chi connectivity index (χ1n) is 6.59. The van der Waals surface area contributed by atoms with Crippen LogP contribution < -0.4 is 10.5 Å². The molecule has 0 fully saturated rings. The van der Waals surface area contributed by atoms with Gasteiger partial charge in [-0.1, -0.05) is 18.2 Å². The molecule has 2 heterocycles. The van der Waals surface area contributed by atoms with Crippen molar-refractivity contribution in [2.24, 2.45) is 0 Å². The number of carbonyl (C=O) groups excluding carboxylic acids is 1. The highest BCUT2D eigenvalue weighted by atomic mass is 16.2. The van der Waals surface area contributed by atoms with Crippen LogP contribution in [0.5, 0.6) is 0 Å². The summed E-state index contributed by atoms with van der Waals surface area (Å²) in [7, 11) is 0. The highest BCUT2D eigenvalue weighted by molar-refractivity contribution is 5.95. The third-order valence-corrected chi connectivity index (χ3v) is 3.55. The zero-order valence-electron chi connectivity index (χ0n) is 11.2. The zero-order chi connectivity index (χ0) is 14.1. The Bertz CT molecular complexity index is 708. The minimum atomic E-state index is -0.263. The standard InChI is InChI=1S/C15H15N3O2/c1-11-9-12-5-2-3-6-13(12)18(11)15(20)10-17-14(19)7-4-8-16-17/h2-8,11H,9-10H2,1H3. The number of para-hydroxylation sites is 1. The molecule has 1 atom stereocenters. The molecule has 1 unspecified atom stereocenters. The third-order valence-electron chi connectivity index (χ3n) is 3.55. The minimum Gasteiger partial charge on any atom is -0.307 e. The van der Waals surface area contributed by atoms with Gasteiger partial charge in [-0.2, -0.15) is 5.10 Å². The molecule has 0 N–H and O–H groups in total. The van der Waals surface area contributed by atoms with Crippen LogP contribution in [0.4, 0.5) is 5.69 Å². The number of benzene rings is 1. The summed E-state index contributed by atoms with van der Waals surface area (Å²) in [5.74, 6) is -0.108. The predicted octanol–water partition coefficient (Wildman–Crippen LogP) is 1.22. The van der Waals surface area contributed by atoms with E-state index in [2.05, 4.69) is 5.10 Å². The van der Waals surface area contributed by atoms with Crippen LogP contribution >= 0.6 is 0 Å². The molecule has 0 spiro atoms. The maximum absolute atomic E-state index is 12.5. The largest absolute Gasteiger partial charge is 0.307 e. The molecule has 1 aromatic carbocycles. The van der Waals surface area contributed by atoms with E-state index in [1.54, 1.807) is 11.0 Å². The van der Waals surface area contributed by atoms with E-state index in [1.165, 1.54) is 22.5 Å². The van der Waals surface area contributed by atoms with Crippen molar-refractivity contribution in [3.63, 3.8) is 0 Å². The van der Waals surface area contributed by atoms with Gasteiger partial charge in [0, 0.05) is 24.0 Å². The zero-order valence-corrected chi connectivity index (χ0v) is 11.2. The molecular formula is C15H15N3O2. The first-order chi connectivity index (χ1) is 9.66. The molecule has 1 aliphatic heterocycles. The van der Waals surface area contributed by atoms with Crippen LogP contribution in [-0.4, -0.2) is 21.7 Å². The maximum Gasteiger partial charge on any atom is 0.267 e. The molecule has 0 bridgehead atoms. The molecular weight excluding hydrogens is 254 g/mol. The van der Waals surface area contributed by atoms with Crippen molar-refractivity contribution >= 4 is 11.6 Å². The maximum atomic E-state index is 12.5. The van der Waals surface area contributed by atoms with E-state index in [-0.39, 0.29) is 24.1 Å². The molecule has 1 amide bonds. The summed E-state index contributed by atoms with van der Waals surface area (Å²) in [6.45, 7) is 1.98. The second-order valence-electron chi connectivity index (χ2n) is 4.97. The van der Waals surface area contributed by atoms with Crippen molar-refractivity contribution < 1.29 is 4.79 Å². The summed E-state index contributed by atoms with van der Waals surface area (Å²) in [4.78, 5) is 25.9. The summed E-state index contributed by atoms with van der Waals surface area (Å²) in [6, 6.07) is 11.0. The van der Waals surface area contributed by atoms with Gasteiger partial charge < -0.3 is 4.90 Å². The lowest BCUT2D eigenvalue weighted by atomic mass is 10.1. The monoisotopic (exact) mass is 269 g/mol. The van der Waals surface area contributed by atoms with E-state index in [0.29, 0.717) is 0 Å². The van der Waals surface area contributed by atoms with Crippen LogP contribution in [0.1, 0.15) is 12.5 Å². The molecule has 0 saturated carbocycles. The van der Waals surface area contributed by atoms with Gasteiger partial charge >= 0.3 is 0 Å². The van der Waals surface area contributed by atoms with Crippen LogP contribution in [0.3, 0.4) is 0 Å². The van der Waals surface area contributed by atoms with Gasteiger partial charge in [0.15, 0.2) is 0 Å². The Labute approximate surface area is 116 Å². The predicted molar refractivity (Wildman–Crippen MR) is 75.6 cm³/mol. The van der Waals surface area contributed by atoms with Gasteiger partial charge in [-0.3, -0.25) is 9.59 Å². The van der Waals surface area contributed by atoms with Crippen molar-refractivity contribution in [1.29, 1.82) is 0 Å². The van der Waals surface area contributed by atoms with Gasteiger partial charge in [-0.15, -0.1) is 0 Å². The first kappa shape index (κ1) is 12.6. The Balaban J connectivity index is 1.88. The Kier molecular flexibility index (Phi) is 3.10. The van der Waals surface area contributed by atoms with Gasteiger partial charge in [-0.25, -0.2) is 4.68 Å². The lowest BCUT2D eigenvalue weighted by Gasteiger charge is -2.22. The summed E-state index contributed by atoms with van der Waals surface area (Å²) < 4.78 is 1.19. The molecule has 20 heavy (non-hydrogen) atoms. The smallest absolute Gasteiger partial charge is 0.267 e. The number of anilines is 1. The fourth-order valence-electron chi connectivity index (χ4n) is 2.66. The Morgan fingerprint density at radius 1 is 1.30 bits per heavy atom. The molecule has 0 radical (unpaired) electrons. The van der Waals surface area contributed by atoms with Crippen molar-refractivity contribution in [1.82, 2.24) is 9.78 Å². The van der Waals surface area contributed by atoms with E-state index in [9.17, 15) is 9.59 Å². The van der Waals surface area contributed by atoms with Gasteiger partial charge in [0.25, 0.3) is 5.56 Å². The van der Waals surface area contributed by atoms with Gasteiger partial charge in [0.2, 0.25) is 5.91 Å². The third kappa shape index (κ3) is 2.11. The van der Waals surface area contributed by atoms with Crippen molar-refractivity contribution in [3.05, 3.63) is 58.5 Å². The molecule has 1 aliphatic rings. The second-order valence-corrected chi connectivity index (χ2v) is 4.97. The first-order valence-corrected chi connectivity index (χ1v) is 6.59. The fraction of sp³-hybridized carbons (Fsp3) is 0.267. The van der Waals surface area contributed by atoms with E-state index in [1.807, 2.05) is 31.2 Å². The number of amides is 1. The molecule has 1 aromatic heterocycles. The summed E-state index contributed by atoms with van der Waals surface area (Å²) in [5.41, 5.74) is 1.84. The van der Waals surface area contributed by atoms with Crippen LogP contribution in [0.2, 0.25) is 0 Å². The van der Waals surface area contributed by atoms with Crippen molar-refractivity contribution in [3.8, 4) is 0 Å². The summed E-state index contributed by atoms with van der Waals surface area (Å²) in [6.07, 6.45) is 2.36. The molecule has 102 valence electrons. The quantitative estimate of drug-likeness (QED) is 0.823. The number of rotatable bonds is 2. The number of aromatic nitrogens is 2. The van der Waals surface area contributed by atoms with E-state index < -0.39 is 0 Å². The van der Waals surface area contributed by atoms with Crippen LogP contribution in [0, 0.1) is 0 Å². The van der Waals surface area contributed by atoms with E-state index in [4.69, 9.17) is 0 Å². The van der Waals surface area contributed by atoms with Gasteiger partial charge in [0.1, 0.15) is 6.54 Å². The Morgan fingerprint density at radius 2 is 2.10 bits per heavy atom. The molecule has 0 aliphatic carbocycles. The highest BCUT2D eigenvalue weighted by Gasteiger charge is 2.30. The lowest BCUT2D eigenvalue weighted by molar-refractivity contribution is -0.119.